The van der Waals surface area contributed by atoms with Gasteiger partial charge in [0.1, 0.15) is 62.5 Å². The first-order valence-electron chi connectivity index (χ1n) is 29.6. The Morgan fingerprint density at radius 2 is 0.769 bits per heavy atom. The van der Waals surface area contributed by atoms with Crippen molar-refractivity contribution in [3.05, 3.63) is 270 Å². The number of carbonyl (C=O) groups is 4. The van der Waals surface area contributed by atoms with Crippen LogP contribution in [0.15, 0.2) is 149 Å². The second kappa shape index (κ2) is 33.6. The van der Waals surface area contributed by atoms with Gasteiger partial charge in [-0.2, -0.15) is 0 Å². The van der Waals surface area contributed by atoms with E-state index in [2.05, 4.69) is 73.1 Å². The van der Waals surface area contributed by atoms with Crippen molar-refractivity contribution in [2.45, 2.75) is 34.6 Å². The third kappa shape index (κ3) is 17.5. The molecule has 534 valence electrons. The lowest BCUT2D eigenvalue weighted by atomic mass is 9.98. The summed E-state index contributed by atoms with van der Waals surface area (Å²) in [5, 5.41) is 25.7. The number of fused-ring (bicyclic) bond motifs is 4. The number of nitro benzene ring substituents is 1. The minimum Gasteiger partial charge on any atom is -0.341 e. The summed E-state index contributed by atoms with van der Waals surface area (Å²) in [5.41, 5.74) is -1.40. The number of nitro groups is 1. The summed E-state index contributed by atoms with van der Waals surface area (Å²) in [6, 6.07) is 29.8. The van der Waals surface area contributed by atoms with Gasteiger partial charge in [-0.25, -0.2) is 8.78 Å². The summed E-state index contributed by atoms with van der Waals surface area (Å²) in [6.45, 7) is 7.01. The van der Waals surface area contributed by atoms with E-state index in [0.29, 0.717) is 62.9 Å². The van der Waals surface area contributed by atoms with E-state index in [4.69, 9.17) is 128 Å². The van der Waals surface area contributed by atoms with Gasteiger partial charge in [0.25, 0.3) is 5.69 Å². The molecule has 0 fully saturated rings. The summed E-state index contributed by atoms with van der Waals surface area (Å²) in [4.78, 5) is 123. The van der Waals surface area contributed by atoms with E-state index in [1.165, 1.54) is 57.2 Å². The van der Waals surface area contributed by atoms with Gasteiger partial charge in [0.15, 0.2) is 23.1 Å². The zero-order valence-electron chi connectivity index (χ0n) is 53.3. The van der Waals surface area contributed by atoms with Crippen LogP contribution in [0.25, 0.3) is 43.6 Å². The molecule has 4 heterocycles. The van der Waals surface area contributed by atoms with Crippen molar-refractivity contribution < 1.29 is 32.9 Å². The zero-order valence-corrected chi connectivity index (χ0v) is 64.8. The summed E-state index contributed by atoms with van der Waals surface area (Å²) in [7, 11) is 0. The Morgan fingerprint density at radius 1 is 0.413 bits per heavy atom. The number of rotatable bonds is 14. The first kappa shape index (κ1) is 80.0. The second-order valence-corrected chi connectivity index (χ2v) is 28.8. The van der Waals surface area contributed by atoms with Gasteiger partial charge >= 0.3 is 0 Å². The van der Waals surface area contributed by atoms with Crippen LogP contribution in [0.4, 0.5) is 60.5 Å². The molecule has 8 N–H and O–H groups in total. The monoisotopic (exact) mass is 1750 g/mol. The molecule has 104 heavy (non-hydrogen) atoms. The third-order valence-corrected chi connectivity index (χ3v) is 19.2. The topological polar surface area (TPSA) is 291 Å². The maximum atomic E-state index is 14.1. The van der Waals surface area contributed by atoms with E-state index in [1.54, 1.807) is 74.5 Å². The SMILES string of the molecule is CC(=O)c1c(Nc2ccc(Br)cc2Br)[nH]c2c(Cl)ccc(F)c2c1=O.CC(=O)c1c(Nc2ccc(Cl)cc2Cl)[nH]c2c(Cl)ccc(Cl)c2c1=O.CC(=O)c1c(Nc2ccc(Cl)cc2Cl)[nH]c2c(Cl)ccc(F)c2c1=O.CC(C)C(=O)c1c(Nc2cc(Cl)cc(Cl)c2)[nH]c2c(Cl)ccc([N+](=O)[O-])c2c1=O. The number of H-pyrrole nitrogens is 4. The molecule has 0 saturated carbocycles. The van der Waals surface area contributed by atoms with Gasteiger partial charge in [0, 0.05) is 46.7 Å². The second-order valence-electron chi connectivity index (χ2n) is 22.4. The summed E-state index contributed by atoms with van der Waals surface area (Å²) in [6.07, 6.45) is 0. The van der Waals surface area contributed by atoms with Gasteiger partial charge in [-0.1, -0.05) is 157 Å². The number of pyridine rings is 4. The van der Waals surface area contributed by atoms with Crippen LogP contribution in [0, 0.1) is 27.7 Å². The van der Waals surface area contributed by atoms with Crippen LogP contribution >= 0.6 is 159 Å². The molecule has 12 rings (SSSR count). The van der Waals surface area contributed by atoms with Crippen LogP contribution in [0.2, 0.25) is 55.2 Å². The molecule has 0 bridgehead atoms. The minimum atomic E-state index is -0.790. The lowest BCUT2D eigenvalue weighted by Crippen LogP contribution is -2.23. The van der Waals surface area contributed by atoms with Crippen LogP contribution in [0.5, 0.6) is 0 Å². The predicted octanol–water partition coefficient (Wildman–Crippen LogP) is 23.4. The van der Waals surface area contributed by atoms with Crippen molar-refractivity contribution in [3.8, 4) is 0 Å². The van der Waals surface area contributed by atoms with Crippen molar-refractivity contribution in [3.63, 3.8) is 0 Å². The number of halogens is 15. The largest absolute Gasteiger partial charge is 0.341 e. The highest BCUT2D eigenvalue weighted by atomic mass is 79.9. The Hall–Kier alpha value is -8.11. The molecule has 0 amide bonds. The fourth-order valence-electron chi connectivity index (χ4n) is 10.3. The van der Waals surface area contributed by atoms with Crippen molar-refractivity contribution in [1.82, 2.24) is 19.9 Å². The Kier molecular flexibility index (Phi) is 25.8. The molecular formula is C70H44Br2Cl11F2N9O10. The fraction of sp³-hybridized carbons (Fsp3) is 0.0857. The quantitative estimate of drug-likeness (QED) is 0.0285. The lowest BCUT2D eigenvalue weighted by molar-refractivity contribution is -0.383. The Balaban J connectivity index is 0.000000161. The predicted molar refractivity (Wildman–Crippen MR) is 423 cm³/mol. The molecule has 0 spiro atoms. The molecule has 0 saturated heterocycles. The Morgan fingerprint density at radius 3 is 1.17 bits per heavy atom. The minimum absolute atomic E-state index is 0.0433. The van der Waals surface area contributed by atoms with Crippen molar-refractivity contribution in [1.29, 1.82) is 0 Å². The number of carbonyl (C=O) groups excluding carboxylic acids is 4. The van der Waals surface area contributed by atoms with Crippen LogP contribution in [-0.4, -0.2) is 48.0 Å². The average molecular weight is 1760 g/mol. The van der Waals surface area contributed by atoms with Crippen molar-refractivity contribution in [2.24, 2.45) is 5.92 Å². The van der Waals surface area contributed by atoms with Gasteiger partial charge in [-0.3, -0.25) is 48.5 Å². The van der Waals surface area contributed by atoms with E-state index >= 15 is 0 Å². The zero-order chi connectivity index (χ0) is 76.4. The molecule has 0 radical (unpaired) electrons. The van der Waals surface area contributed by atoms with Gasteiger partial charge in [-0.15, -0.1) is 0 Å². The van der Waals surface area contributed by atoms with Gasteiger partial charge < -0.3 is 41.2 Å². The molecule has 0 unspecified atom stereocenters. The molecule has 0 aliphatic carbocycles. The average Bonchev–Trinajstić information content (AvgIpc) is 0.770. The molecule has 0 atom stereocenters. The normalized spacial score (nSPS) is 11.0. The highest BCUT2D eigenvalue weighted by Gasteiger charge is 2.29. The standard InChI is InChI=1S/C19H14Cl3N3O4.C17H10Br2ClFN2O2.C17H10Cl4N2O2.C17H10Cl3FN2O2/c1-8(2)17(26)15-18(27)14-13(25(28)29)4-3-12(22)16(14)24-19(15)23-11-6-9(20)5-10(21)7-11;1-7(24)13-16(25)14-11(21)4-3-10(20)15(14)23-17(13)22-12-5-2-8(18)6-9(12)19;1-7(24)13-16(25)14-9(19)3-4-10(20)15(14)23-17(13)22-12-5-2-8(18)6-11(12)21;1-7(24)13-16(25)14-11(21)4-3-9(19)15(14)23-17(13)22-12-5-2-8(18)6-10(12)20/h3-8H,1-2H3,(H2,23,24,27);3*2-6H,1H3,(H2,22,23,25). The van der Waals surface area contributed by atoms with Gasteiger partial charge in [0.2, 0.25) is 21.7 Å². The lowest BCUT2D eigenvalue weighted by Gasteiger charge is -2.15. The van der Waals surface area contributed by atoms with E-state index in [0.717, 1.165) is 22.7 Å². The Bertz CT molecular complexity index is 5450. The van der Waals surface area contributed by atoms with Gasteiger partial charge in [0.05, 0.1) is 95.4 Å². The number of anilines is 8. The number of aromatic nitrogens is 4. The van der Waals surface area contributed by atoms with E-state index in [-0.39, 0.29) is 109 Å². The number of non-ortho nitro benzene ring substituents is 1. The summed E-state index contributed by atoms with van der Waals surface area (Å²) < 4.78 is 29.8. The third-order valence-electron chi connectivity index (χ3n) is 15.0. The molecular weight excluding hydrogens is 1710 g/mol. The maximum absolute atomic E-state index is 14.1. The molecule has 8 aromatic carbocycles. The number of ketones is 4. The van der Waals surface area contributed by atoms with Gasteiger partial charge in [-0.05, 0) is 152 Å². The number of hydrogen-bond donors (Lipinski definition) is 8. The fourth-order valence-corrected chi connectivity index (χ4v) is 14.0. The summed E-state index contributed by atoms with van der Waals surface area (Å²) in [5.74, 6) is -3.52. The maximum Gasteiger partial charge on any atom is 0.282 e. The van der Waals surface area contributed by atoms with Crippen LogP contribution in [-0.2, 0) is 0 Å². The van der Waals surface area contributed by atoms with E-state index in [1.807, 2.05) is 6.07 Å². The Labute approximate surface area is 657 Å². The number of nitrogens with one attached hydrogen (secondary N) is 8. The van der Waals surface area contributed by atoms with Crippen LogP contribution in [0.1, 0.15) is 76.1 Å². The van der Waals surface area contributed by atoms with E-state index < -0.39 is 73.0 Å². The first-order valence-corrected chi connectivity index (χ1v) is 35.3. The number of nitrogens with zero attached hydrogens (tertiary/aromatic N) is 1. The highest BCUT2D eigenvalue weighted by Crippen LogP contribution is 2.38. The number of benzene rings is 8. The molecule has 34 heteroatoms. The summed E-state index contributed by atoms with van der Waals surface area (Å²) >= 11 is 73.4. The molecule has 19 nitrogen and oxygen atoms in total. The highest BCUT2D eigenvalue weighted by molar-refractivity contribution is 9.11. The number of aromatic amines is 4. The number of hydrogen-bond acceptors (Lipinski definition) is 14. The molecule has 0 aliphatic rings. The number of Topliss-reactive ketones (excluding diaryl/α,β-unsaturated/α-hetero) is 4. The van der Waals surface area contributed by atoms with Crippen LogP contribution in [0.3, 0.4) is 0 Å². The molecule has 0 aliphatic heterocycles. The van der Waals surface area contributed by atoms with E-state index in [9.17, 15) is 57.3 Å². The van der Waals surface area contributed by atoms with Crippen LogP contribution < -0.4 is 43.0 Å². The van der Waals surface area contributed by atoms with Crippen molar-refractivity contribution in [2.75, 3.05) is 21.3 Å². The molecule has 4 aromatic heterocycles. The molecule has 12 aromatic rings. The first-order chi connectivity index (χ1) is 49.0. The smallest absolute Gasteiger partial charge is 0.282 e. The van der Waals surface area contributed by atoms with Crippen molar-refractivity contribution >= 4 is 278 Å².